The van der Waals surface area contributed by atoms with Crippen LogP contribution < -0.4 is 21.7 Å². The molecule has 14 nitrogen and oxygen atoms in total. The number of carbonyl (C=O) groups is 6. The van der Waals surface area contributed by atoms with Gasteiger partial charge in [0.25, 0.3) is 0 Å². The minimum atomic E-state index is -1.43. The number of hydrogen-bond acceptors (Lipinski definition) is 7. The van der Waals surface area contributed by atoms with E-state index in [1.165, 1.54) is 0 Å². The monoisotopic (exact) mass is 609 g/mol. The number of rotatable bonds is 17. The zero-order chi connectivity index (χ0) is 32.2. The lowest BCUT2D eigenvalue weighted by Crippen LogP contribution is -2.58. The molecule has 4 unspecified atom stereocenters. The number of benzene rings is 2. The normalized spacial score (nSPS) is 13.7. The summed E-state index contributed by atoms with van der Waals surface area (Å²) in [6.45, 7) is 0. The van der Waals surface area contributed by atoms with Gasteiger partial charge in [0.15, 0.2) is 0 Å². The van der Waals surface area contributed by atoms with Crippen molar-refractivity contribution in [3.8, 4) is 0 Å². The third-order valence-corrected chi connectivity index (χ3v) is 6.92. The highest BCUT2D eigenvalue weighted by Gasteiger charge is 2.31. The van der Waals surface area contributed by atoms with Crippen molar-refractivity contribution >= 4 is 46.5 Å². The molecular weight excluding hydrogens is 574 g/mol. The molecule has 0 aliphatic heterocycles. The fraction of sp³-hybridized carbons (Fsp3) is 0.333. The van der Waals surface area contributed by atoms with Crippen LogP contribution in [0.4, 0.5) is 0 Å². The van der Waals surface area contributed by atoms with E-state index in [1.807, 2.05) is 18.2 Å². The molecule has 1 aromatic heterocycles. The third-order valence-electron chi connectivity index (χ3n) is 6.92. The molecule has 0 aliphatic rings. The minimum absolute atomic E-state index is 0.0461. The number of fused-ring (bicyclic) bond motifs is 1. The zero-order valence-corrected chi connectivity index (χ0v) is 23.7. The Morgan fingerprint density at radius 1 is 0.682 bits per heavy atom. The Labute approximate surface area is 252 Å². The molecule has 0 saturated heterocycles. The maximum atomic E-state index is 13.5. The van der Waals surface area contributed by atoms with Crippen LogP contribution >= 0.6 is 0 Å². The molecule has 234 valence electrons. The van der Waals surface area contributed by atoms with E-state index in [2.05, 4.69) is 20.9 Å². The van der Waals surface area contributed by atoms with Crippen molar-refractivity contribution in [1.29, 1.82) is 0 Å². The number of aromatic amines is 1. The second kappa shape index (κ2) is 15.8. The van der Waals surface area contributed by atoms with Crippen LogP contribution in [0.2, 0.25) is 0 Å². The van der Waals surface area contributed by atoms with Crippen molar-refractivity contribution in [3.63, 3.8) is 0 Å². The number of aromatic nitrogens is 1. The van der Waals surface area contributed by atoms with Gasteiger partial charge in [0.2, 0.25) is 17.7 Å². The molecule has 0 bridgehead atoms. The van der Waals surface area contributed by atoms with E-state index in [9.17, 15) is 33.9 Å². The first-order chi connectivity index (χ1) is 20.9. The SMILES string of the molecule is NC(CCC(=O)O)C(=O)NC(CCC(=O)O)C(=O)NC(Cc1ccccc1)C(=O)NC(Cc1c[nH]c2ccccc12)C(=O)O. The number of H-pyrrole nitrogens is 1. The second-order valence-electron chi connectivity index (χ2n) is 10.2. The predicted octanol–water partition coefficient (Wildman–Crippen LogP) is 0.549. The van der Waals surface area contributed by atoms with Crippen LogP contribution in [-0.4, -0.2) is 80.1 Å². The second-order valence-corrected chi connectivity index (χ2v) is 10.2. The molecule has 0 fully saturated rings. The molecule has 44 heavy (non-hydrogen) atoms. The van der Waals surface area contributed by atoms with Crippen LogP contribution in [0.5, 0.6) is 0 Å². The number of para-hydroxylation sites is 1. The molecular formula is C30H35N5O9. The first-order valence-electron chi connectivity index (χ1n) is 13.9. The summed E-state index contributed by atoms with van der Waals surface area (Å²) in [7, 11) is 0. The van der Waals surface area contributed by atoms with E-state index in [4.69, 9.17) is 15.9 Å². The van der Waals surface area contributed by atoms with E-state index in [0.29, 0.717) is 11.1 Å². The molecule has 0 spiro atoms. The number of amides is 3. The first kappa shape index (κ1) is 33.3. The van der Waals surface area contributed by atoms with Crippen LogP contribution in [0.25, 0.3) is 10.9 Å². The fourth-order valence-corrected chi connectivity index (χ4v) is 4.55. The predicted molar refractivity (Wildman–Crippen MR) is 157 cm³/mol. The average Bonchev–Trinajstić information content (AvgIpc) is 3.40. The van der Waals surface area contributed by atoms with Gasteiger partial charge in [0, 0.05) is 42.8 Å². The summed E-state index contributed by atoms with van der Waals surface area (Å²) in [5, 5.41) is 36.1. The van der Waals surface area contributed by atoms with Crippen LogP contribution in [0.3, 0.4) is 0 Å². The molecule has 4 atom stereocenters. The van der Waals surface area contributed by atoms with E-state index in [0.717, 1.165) is 10.9 Å². The summed E-state index contributed by atoms with van der Waals surface area (Å²) < 4.78 is 0. The van der Waals surface area contributed by atoms with E-state index in [-0.39, 0.29) is 25.7 Å². The summed E-state index contributed by atoms with van der Waals surface area (Å²) in [4.78, 5) is 76.8. The number of carboxylic acids is 3. The fourth-order valence-electron chi connectivity index (χ4n) is 4.55. The van der Waals surface area contributed by atoms with E-state index >= 15 is 0 Å². The highest BCUT2D eigenvalue weighted by Crippen LogP contribution is 2.19. The van der Waals surface area contributed by atoms with Gasteiger partial charge in [-0.2, -0.15) is 0 Å². The van der Waals surface area contributed by atoms with Gasteiger partial charge in [-0.05, 0) is 30.0 Å². The van der Waals surface area contributed by atoms with Crippen LogP contribution in [0.1, 0.15) is 36.8 Å². The van der Waals surface area contributed by atoms with Crippen LogP contribution in [-0.2, 0) is 41.6 Å². The molecule has 2 aromatic carbocycles. The third kappa shape index (κ3) is 9.94. The molecule has 3 amide bonds. The molecule has 0 saturated carbocycles. The average molecular weight is 610 g/mol. The van der Waals surface area contributed by atoms with Gasteiger partial charge in [-0.3, -0.25) is 24.0 Å². The lowest BCUT2D eigenvalue weighted by Gasteiger charge is -2.25. The largest absolute Gasteiger partial charge is 0.481 e. The van der Waals surface area contributed by atoms with Crippen molar-refractivity contribution in [2.45, 2.75) is 62.7 Å². The number of nitrogens with two attached hydrogens (primary N) is 1. The number of carboxylic acid groups (broad SMARTS) is 3. The van der Waals surface area contributed by atoms with Gasteiger partial charge in [-0.1, -0.05) is 48.5 Å². The lowest BCUT2D eigenvalue weighted by atomic mass is 10.0. The van der Waals surface area contributed by atoms with Crippen molar-refractivity contribution < 1.29 is 44.1 Å². The van der Waals surface area contributed by atoms with Gasteiger partial charge in [-0.15, -0.1) is 0 Å². The topological polar surface area (TPSA) is 241 Å². The van der Waals surface area contributed by atoms with Gasteiger partial charge >= 0.3 is 17.9 Å². The summed E-state index contributed by atoms with van der Waals surface area (Å²) in [5.74, 6) is -6.29. The Kier molecular flexibility index (Phi) is 12.0. The quantitative estimate of drug-likeness (QED) is 0.106. The lowest BCUT2D eigenvalue weighted by molar-refractivity contribution is -0.142. The Hall–Kier alpha value is -5.24. The van der Waals surface area contributed by atoms with Crippen molar-refractivity contribution in [2.24, 2.45) is 5.73 Å². The van der Waals surface area contributed by atoms with Gasteiger partial charge in [0.1, 0.15) is 18.1 Å². The van der Waals surface area contributed by atoms with Gasteiger partial charge in [-0.25, -0.2) is 4.79 Å². The number of aliphatic carboxylic acids is 3. The Balaban J connectivity index is 1.80. The molecule has 3 rings (SSSR count). The summed E-state index contributed by atoms with van der Waals surface area (Å²) in [6, 6.07) is 10.5. The standard InChI is InChI=1S/C30H35N5O9/c31-20(10-12-25(36)37)27(40)33-22(11-13-26(38)39)28(41)34-23(14-17-6-2-1-3-7-17)29(42)35-24(30(43)44)15-18-16-32-21-9-5-4-8-19(18)21/h1-9,16,20,22-24,32H,10-15,31H2,(H,33,40)(H,34,41)(H,35,42)(H,36,37)(H,38,39)(H,43,44). The summed E-state index contributed by atoms with van der Waals surface area (Å²) in [6.07, 6.45) is 0.0786. The van der Waals surface area contributed by atoms with Crippen LogP contribution in [0, 0.1) is 0 Å². The van der Waals surface area contributed by atoms with Gasteiger partial charge in [0.05, 0.1) is 6.04 Å². The molecule has 3 aromatic rings. The molecule has 0 radical (unpaired) electrons. The Morgan fingerprint density at radius 3 is 1.91 bits per heavy atom. The van der Waals surface area contributed by atoms with E-state index in [1.54, 1.807) is 42.6 Å². The number of hydrogen-bond donors (Lipinski definition) is 8. The minimum Gasteiger partial charge on any atom is -0.481 e. The van der Waals surface area contributed by atoms with Crippen molar-refractivity contribution in [3.05, 3.63) is 71.9 Å². The summed E-state index contributed by atoms with van der Waals surface area (Å²) in [5.41, 5.74) is 7.84. The molecule has 0 aliphatic carbocycles. The summed E-state index contributed by atoms with van der Waals surface area (Å²) >= 11 is 0. The van der Waals surface area contributed by atoms with Crippen molar-refractivity contribution in [2.75, 3.05) is 0 Å². The van der Waals surface area contributed by atoms with Gasteiger partial charge < -0.3 is 42.0 Å². The zero-order valence-electron chi connectivity index (χ0n) is 23.7. The highest BCUT2D eigenvalue weighted by molar-refractivity contribution is 5.94. The maximum absolute atomic E-state index is 13.5. The van der Waals surface area contributed by atoms with E-state index < -0.39 is 72.6 Å². The number of carbonyl (C=O) groups excluding carboxylic acids is 3. The Bertz CT molecular complexity index is 1490. The van der Waals surface area contributed by atoms with Crippen molar-refractivity contribution in [1.82, 2.24) is 20.9 Å². The first-order valence-corrected chi connectivity index (χ1v) is 13.9. The molecule has 14 heteroatoms. The molecule has 9 N–H and O–H groups in total. The maximum Gasteiger partial charge on any atom is 0.326 e. The Morgan fingerprint density at radius 2 is 1.25 bits per heavy atom. The number of nitrogens with one attached hydrogen (secondary N) is 4. The smallest absolute Gasteiger partial charge is 0.326 e. The van der Waals surface area contributed by atoms with Crippen LogP contribution in [0.15, 0.2) is 60.8 Å². The molecule has 1 heterocycles. The highest BCUT2D eigenvalue weighted by atomic mass is 16.4.